The molecule has 0 aromatic carbocycles. The minimum atomic E-state index is -0.439. The van der Waals surface area contributed by atoms with Gasteiger partial charge in [0.05, 0.1) is 6.61 Å². The fraction of sp³-hybridized carbons (Fsp3) is 0.375. The number of hydrogen-bond acceptors (Lipinski definition) is 3. The van der Waals surface area contributed by atoms with Crippen molar-refractivity contribution in [2.75, 3.05) is 6.61 Å². The van der Waals surface area contributed by atoms with Crippen LogP contribution in [0.1, 0.15) is 6.92 Å². The number of rotatable bonds is 3. The molecule has 0 aliphatic carbocycles. The normalized spacial score (nSPS) is 20.6. The third-order valence-corrected chi connectivity index (χ3v) is 1.26. The van der Waals surface area contributed by atoms with E-state index in [-0.39, 0.29) is 6.10 Å². The molecule has 0 amide bonds. The first-order chi connectivity index (χ1) is 5.11. The van der Waals surface area contributed by atoms with E-state index in [1.54, 1.807) is 6.92 Å². The lowest BCUT2D eigenvalue weighted by molar-refractivity contribution is -0.135. The van der Waals surface area contributed by atoms with Crippen molar-refractivity contribution >= 4 is 5.97 Å². The molecule has 60 valence electrons. The van der Waals surface area contributed by atoms with Gasteiger partial charge in [0.1, 0.15) is 11.9 Å². The Kier molecular flexibility index (Phi) is 2.10. The highest BCUT2D eigenvalue weighted by Gasteiger charge is 2.28. The van der Waals surface area contributed by atoms with Gasteiger partial charge in [-0.1, -0.05) is 13.2 Å². The summed E-state index contributed by atoms with van der Waals surface area (Å²) in [6, 6.07) is 0. The second-order valence-electron chi connectivity index (χ2n) is 2.46. The molecule has 0 bridgehead atoms. The molecule has 0 aromatic rings. The summed E-state index contributed by atoms with van der Waals surface area (Å²) in [4.78, 5) is 10.8. The Morgan fingerprint density at radius 1 is 1.64 bits per heavy atom. The predicted molar refractivity (Wildman–Crippen MR) is 39.8 cm³/mol. The van der Waals surface area contributed by atoms with Gasteiger partial charge >= 0.3 is 5.97 Å². The van der Waals surface area contributed by atoms with Crippen LogP contribution in [0.25, 0.3) is 0 Å². The van der Waals surface area contributed by atoms with Gasteiger partial charge in [-0.05, 0) is 6.92 Å². The quantitative estimate of drug-likeness (QED) is 0.263. The second kappa shape index (κ2) is 2.88. The Morgan fingerprint density at radius 3 is 2.55 bits per heavy atom. The average molecular weight is 154 g/mol. The maximum atomic E-state index is 10.8. The number of epoxide rings is 1. The van der Waals surface area contributed by atoms with E-state index in [1.807, 2.05) is 0 Å². The number of carbonyl (C=O) groups is 1. The van der Waals surface area contributed by atoms with Crippen LogP contribution in [0.5, 0.6) is 0 Å². The van der Waals surface area contributed by atoms with Gasteiger partial charge in [-0.15, -0.1) is 0 Å². The lowest BCUT2D eigenvalue weighted by Gasteiger charge is -2.02. The SMILES string of the molecule is C=C(C)C(=O)OC(=C)C1CO1. The van der Waals surface area contributed by atoms with E-state index in [1.165, 1.54) is 0 Å². The van der Waals surface area contributed by atoms with Gasteiger partial charge in [-0.3, -0.25) is 0 Å². The molecule has 0 spiro atoms. The van der Waals surface area contributed by atoms with Gasteiger partial charge in [0.15, 0.2) is 0 Å². The van der Waals surface area contributed by atoms with E-state index in [0.717, 1.165) is 0 Å². The van der Waals surface area contributed by atoms with Crippen LogP contribution in [0.4, 0.5) is 0 Å². The van der Waals surface area contributed by atoms with Crippen molar-refractivity contribution < 1.29 is 14.3 Å². The second-order valence-corrected chi connectivity index (χ2v) is 2.46. The topological polar surface area (TPSA) is 38.8 Å². The van der Waals surface area contributed by atoms with Crippen LogP contribution in [0.15, 0.2) is 24.5 Å². The van der Waals surface area contributed by atoms with Crippen LogP contribution in [0.3, 0.4) is 0 Å². The molecule has 1 aliphatic rings. The van der Waals surface area contributed by atoms with Gasteiger partial charge in [-0.2, -0.15) is 0 Å². The Bertz CT molecular complexity index is 213. The lowest BCUT2D eigenvalue weighted by atomic mass is 10.3. The van der Waals surface area contributed by atoms with Crippen molar-refractivity contribution in [2.24, 2.45) is 0 Å². The molecule has 3 nitrogen and oxygen atoms in total. The van der Waals surface area contributed by atoms with Crippen LogP contribution in [0, 0.1) is 0 Å². The summed E-state index contributed by atoms with van der Waals surface area (Å²) >= 11 is 0. The van der Waals surface area contributed by atoms with Crippen molar-refractivity contribution in [3.05, 3.63) is 24.5 Å². The first-order valence-electron chi connectivity index (χ1n) is 3.29. The fourth-order valence-electron chi connectivity index (χ4n) is 0.506. The molecule has 1 aliphatic heterocycles. The van der Waals surface area contributed by atoms with Crippen molar-refractivity contribution in [2.45, 2.75) is 13.0 Å². The highest BCUT2D eigenvalue weighted by atomic mass is 16.6. The Labute approximate surface area is 65.3 Å². The molecule has 1 unspecified atom stereocenters. The maximum Gasteiger partial charge on any atom is 0.338 e. The number of hydrogen-bond donors (Lipinski definition) is 0. The zero-order valence-electron chi connectivity index (χ0n) is 6.42. The monoisotopic (exact) mass is 154 g/mol. The molecular formula is C8H10O3. The van der Waals surface area contributed by atoms with Crippen molar-refractivity contribution in [3.63, 3.8) is 0 Å². The summed E-state index contributed by atoms with van der Waals surface area (Å²) in [6.07, 6.45) is -0.0849. The molecule has 11 heavy (non-hydrogen) atoms. The van der Waals surface area contributed by atoms with E-state index in [4.69, 9.17) is 9.47 Å². The minimum absolute atomic E-state index is 0.0849. The van der Waals surface area contributed by atoms with Gasteiger partial charge in [-0.25, -0.2) is 4.79 Å². The zero-order valence-corrected chi connectivity index (χ0v) is 6.42. The molecule has 0 saturated carbocycles. The van der Waals surface area contributed by atoms with Crippen LogP contribution >= 0.6 is 0 Å². The summed E-state index contributed by atoms with van der Waals surface area (Å²) in [5.41, 5.74) is 0.367. The van der Waals surface area contributed by atoms with Crippen molar-refractivity contribution in [3.8, 4) is 0 Å². The predicted octanol–water partition coefficient (Wildman–Crippen LogP) is 1.02. The smallest absolute Gasteiger partial charge is 0.338 e. The van der Waals surface area contributed by atoms with Gasteiger partial charge in [0.25, 0.3) is 0 Å². The number of carbonyl (C=O) groups excluding carboxylic acids is 1. The van der Waals surface area contributed by atoms with Crippen molar-refractivity contribution in [1.82, 2.24) is 0 Å². The molecule has 1 rings (SSSR count). The fourth-order valence-corrected chi connectivity index (χ4v) is 0.506. The molecule has 0 radical (unpaired) electrons. The summed E-state index contributed by atoms with van der Waals surface area (Å²) < 4.78 is 9.62. The average Bonchev–Trinajstić information content (AvgIpc) is 2.67. The van der Waals surface area contributed by atoms with Gasteiger partial charge < -0.3 is 9.47 Å². The highest BCUT2D eigenvalue weighted by Crippen LogP contribution is 2.19. The summed E-state index contributed by atoms with van der Waals surface area (Å²) in [7, 11) is 0. The largest absolute Gasteiger partial charge is 0.425 e. The Hall–Kier alpha value is -1.09. The molecule has 3 heteroatoms. The van der Waals surface area contributed by atoms with Crippen LogP contribution in [-0.2, 0) is 14.3 Å². The summed E-state index contributed by atoms with van der Waals surface area (Å²) in [6.45, 7) is 9.15. The highest BCUT2D eigenvalue weighted by molar-refractivity contribution is 5.87. The molecule has 1 atom stereocenters. The van der Waals surface area contributed by atoms with E-state index in [2.05, 4.69) is 13.2 Å². The zero-order chi connectivity index (χ0) is 8.43. The van der Waals surface area contributed by atoms with E-state index in [9.17, 15) is 4.79 Å². The molecule has 1 saturated heterocycles. The number of ether oxygens (including phenoxy) is 2. The van der Waals surface area contributed by atoms with Crippen LogP contribution in [0.2, 0.25) is 0 Å². The third kappa shape index (κ3) is 2.20. The number of esters is 1. The summed E-state index contributed by atoms with van der Waals surface area (Å²) in [5, 5.41) is 0. The van der Waals surface area contributed by atoms with Gasteiger partial charge in [0, 0.05) is 5.57 Å². The van der Waals surface area contributed by atoms with Crippen LogP contribution < -0.4 is 0 Å². The molecule has 0 N–H and O–H groups in total. The maximum absolute atomic E-state index is 10.8. The molecular weight excluding hydrogens is 144 g/mol. The van der Waals surface area contributed by atoms with Crippen LogP contribution in [-0.4, -0.2) is 18.7 Å². The van der Waals surface area contributed by atoms with E-state index < -0.39 is 5.97 Å². The standard InChI is InChI=1S/C8H10O3/c1-5(2)8(9)11-6(3)7-4-10-7/h7H,1,3-4H2,2H3. The van der Waals surface area contributed by atoms with E-state index >= 15 is 0 Å². The molecule has 0 aromatic heterocycles. The summed E-state index contributed by atoms with van der Waals surface area (Å²) in [5.74, 6) is -0.0662. The Balaban J connectivity index is 2.34. The lowest BCUT2D eigenvalue weighted by Crippen LogP contribution is -2.07. The molecule has 1 heterocycles. The Morgan fingerprint density at radius 2 is 2.18 bits per heavy atom. The third-order valence-electron chi connectivity index (χ3n) is 1.26. The van der Waals surface area contributed by atoms with E-state index in [0.29, 0.717) is 17.9 Å². The van der Waals surface area contributed by atoms with Crippen molar-refractivity contribution in [1.29, 1.82) is 0 Å². The first kappa shape index (κ1) is 8.01. The first-order valence-corrected chi connectivity index (χ1v) is 3.29. The van der Waals surface area contributed by atoms with Gasteiger partial charge in [0.2, 0.25) is 0 Å². The molecule has 1 fully saturated rings. The minimum Gasteiger partial charge on any atom is -0.425 e.